The number of nitrogens with zero attached hydrogens (tertiary/aromatic N) is 1. The Hall–Kier alpha value is -1.22. The number of anilines is 2. The van der Waals surface area contributed by atoms with Gasteiger partial charge in [-0.1, -0.05) is 31.4 Å². The van der Waals surface area contributed by atoms with Gasteiger partial charge in [-0.15, -0.1) is 0 Å². The van der Waals surface area contributed by atoms with E-state index in [0.717, 1.165) is 41.3 Å². The summed E-state index contributed by atoms with van der Waals surface area (Å²) >= 11 is 0. The van der Waals surface area contributed by atoms with Gasteiger partial charge in [-0.25, -0.2) is 0 Å². The van der Waals surface area contributed by atoms with Gasteiger partial charge < -0.3 is 11.5 Å². The molecule has 2 unspecified atom stereocenters. The van der Waals surface area contributed by atoms with Gasteiger partial charge in [0.2, 0.25) is 0 Å². The van der Waals surface area contributed by atoms with Crippen LogP contribution in [0.5, 0.6) is 0 Å². The number of para-hydroxylation sites is 1. The van der Waals surface area contributed by atoms with Gasteiger partial charge in [-0.05, 0) is 74.3 Å². The highest BCUT2D eigenvalue weighted by atomic mass is 15.2. The lowest BCUT2D eigenvalue weighted by molar-refractivity contribution is 0.0152. The van der Waals surface area contributed by atoms with Crippen molar-refractivity contribution < 1.29 is 0 Å². The van der Waals surface area contributed by atoms with Gasteiger partial charge >= 0.3 is 0 Å². The third-order valence-corrected chi connectivity index (χ3v) is 7.93. The van der Waals surface area contributed by atoms with E-state index in [-0.39, 0.29) is 0 Å². The van der Waals surface area contributed by atoms with E-state index >= 15 is 0 Å². The molecule has 2 aliphatic heterocycles. The smallest absolute Gasteiger partial charge is 0.0583 e. The van der Waals surface area contributed by atoms with Crippen LogP contribution in [0.4, 0.5) is 11.4 Å². The van der Waals surface area contributed by atoms with Gasteiger partial charge in [0, 0.05) is 18.1 Å². The topological polar surface area (TPSA) is 55.3 Å². The lowest BCUT2D eigenvalue weighted by atomic mass is 9.69. The number of hydrogen-bond acceptors (Lipinski definition) is 3. The fraction of sp³-hybridized carbons (Fsp3) is 0.727. The van der Waals surface area contributed by atoms with Crippen LogP contribution in [-0.4, -0.2) is 23.0 Å². The first-order valence-corrected chi connectivity index (χ1v) is 10.6. The number of benzene rings is 1. The molecule has 1 aromatic carbocycles. The van der Waals surface area contributed by atoms with E-state index in [1.807, 2.05) is 6.07 Å². The van der Waals surface area contributed by atoms with Gasteiger partial charge in [0.1, 0.15) is 0 Å². The van der Waals surface area contributed by atoms with Crippen molar-refractivity contribution in [3.05, 3.63) is 23.8 Å². The third kappa shape index (κ3) is 2.75. The summed E-state index contributed by atoms with van der Waals surface area (Å²) in [6.07, 6.45) is 14.4. The van der Waals surface area contributed by atoms with Gasteiger partial charge in [0.15, 0.2) is 0 Å². The molecule has 2 heterocycles. The maximum absolute atomic E-state index is 6.33. The first-order valence-electron chi connectivity index (χ1n) is 10.6. The van der Waals surface area contributed by atoms with E-state index in [1.165, 1.54) is 69.8 Å². The molecule has 3 heteroatoms. The van der Waals surface area contributed by atoms with Crippen molar-refractivity contribution in [2.75, 3.05) is 11.5 Å². The minimum absolute atomic E-state index is 0.611. The van der Waals surface area contributed by atoms with E-state index in [4.69, 9.17) is 11.5 Å². The molecule has 2 saturated heterocycles. The Morgan fingerprint density at radius 3 is 2.12 bits per heavy atom. The molecule has 2 aliphatic carbocycles. The molecule has 0 radical (unpaired) electrons. The van der Waals surface area contributed by atoms with Gasteiger partial charge in [0.05, 0.1) is 11.4 Å². The molecule has 4 fully saturated rings. The summed E-state index contributed by atoms with van der Waals surface area (Å²) < 4.78 is 0. The zero-order valence-corrected chi connectivity index (χ0v) is 15.4. The summed E-state index contributed by atoms with van der Waals surface area (Å²) in [5.74, 6) is 2.67. The van der Waals surface area contributed by atoms with Crippen LogP contribution in [0.25, 0.3) is 0 Å². The Bertz CT molecular complexity index is 616. The third-order valence-electron chi connectivity index (χ3n) is 7.93. The number of fused-ring (bicyclic) bond motifs is 4. The van der Waals surface area contributed by atoms with Crippen LogP contribution < -0.4 is 11.5 Å². The van der Waals surface area contributed by atoms with Gasteiger partial charge in [-0.2, -0.15) is 0 Å². The Kier molecular flexibility index (Phi) is 3.96. The van der Waals surface area contributed by atoms with Crippen LogP contribution in [0.1, 0.15) is 75.7 Å². The van der Waals surface area contributed by atoms with Crippen molar-refractivity contribution in [2.24, 2.45) is 11.8 Å². The summed E-state index contributed by atoms with van der Waals surface area (Å²) in [5, 5.41) is 0. The second kappa shape index (κ2) is 6.19. The SMILES string of the molecule is Nc1cccc(C2C[C@H]3CC[C@@H](C2)N3C2C[C@H]3CCC[C@@H](C2)C3)c1N. The highest BCUT2D eigenvalue weighted by Crippen LogP contribution is 2.50. The second-order valence-corrected chi connectivity index (χ2v) is 9.37. The molecule has 2 saturated carbocycles. The summed E-state index contributed by atoms with van der Waals surface area (Å²) in [6.45, 7) is 0. The van der Waals surface area contributed by atoms with E-state index in [2.05, 4.69) is 17.0 Å². The van der Waals surface area contributed by atoms with Crippen LogP contribution >= 0.6 is 0 Å². The number of hydrogen-bond donors (Lipinski definition) is 2. The predicted octanol–water partition coefficient (Wildman–Crippen LogP) is 4.53. The highest BCUT2D eigenvalue weighted by molar-refractivity contribution is 5.68. The molecular weight excluding hydrogens is 306 g/mol. The molecule has 4 N–H and O–H groups in total. The van der Waals surface area contributed by atoms with Crippen molar-refractivity contribution in [3.8, 4) is 0 Å². The van der Waals surface area contributed by atoms with Gasteiger partial charge in [0.25, 0.3) is 0 Å². The Labute approximate surface area is 152 Å². The Balaban J connectivity index is 1.34. The number of piperidine rings is 1. The predicted molar refractivity (Wildman–Crippen MR) is 104 cm³/mol. The lowest BCUT2D eigenvalue weighted by Crippen LogP contribution is -2.51. The van der Waals surface area contributed by atoms with Crippen LogP contribution in [0, 0.1) is 11.8 Å². The summed E-state index contributed by atoms with van der Waals surface area (Å²) in [7, 11) is 0. The largest absolute Gasteiger partial charge is 0.397 e. The fourth-order valence-corrected chi connectivity index (χ4v) is 6.96. The van der Waals surface area contributed by atoms with E-state index in [0.29, 0.717) is 5.92 Å². The molecule has 4 bridgehead atoms. The zero-order chi connectivity index (χ0) is 17.0. The van der Waals surface area contributed by atoms with Crippen LogP contribution in [0.3, 0.4) is 0 Å². The molecule has 0 aromatic heterocycles. The Morgan fingerprint density at radius 1 is 0.760 bits per heavy atom. The average molecular weight is 340 g/mol. The molecule has 1 aromatic rings. The molecule has 0 amide bonds. The first kappa shape index (κ1) is 16.0. The van der Waals surface area contributed by atoms with Crippen molar-refractivity contribution >= 4 is 11.4 Å². The number of nitrogen functional groups attached to an aromatic ring is 2. The zero-order valence-electron chi connectivity index (χ0n) is 15.4. The first-order chi connectivity index (χ1) is 12.2. The maximum atomic E-state index is 6.33. The quantitative estimate of drug-likeness (QED) is 0.778. The van der Waals surface area contributed by atoms with E-state index in [9.17, 15) is 0 Å². The molecule has 5 rings (SSSR count). The molecule has 136 valence electrons. The maximum Gasteiger partial charge on any atom is 0.0583 e. The fourth-order valence-electron chi connectivity index (χ4n) is 6.96. The van der Waals surface area contributed by atoms with Crippen molar-refractivity contribution in [1.29, 1.82) is 0 Å². The minimum Gasteiger partial charge on any atom is -0.397 e. The molecule has 3 nitrogen and oxygen atoms in total. The number of rotatable bonds is 2. The lowest BCUT2D eigenvalue weighted by Gasteiger charge is -2.49. The molecule has 25 heavy (non-hydrogen) atoms. The summed E-state index contributed by atoms with van der Waals surface area (Å²) in [6, 6.07) is 8.68. The summed E-state index contributed by atoms with van der Waals surface area (Å²) in [5.41, 5.74) is 15.3. The average Bonchev–Trinajstić information content (AvgIpc) is 2.87. The second-order valence-electron chi connectivity index (χ2n) is 9.37. The minimum atomic E-state index is 0.611. The molecule has 6 atom stereocenters. The monoisotopic (exact) mass is 339 g/mol. The normalized spacial score (nSPS) is 41.0. The van der Waals surface area contributed by atoms with E-state index < -0.39 is 0 Å². The van der Waals surface area contributed by atoms with Crippen LogP contribution in [0.15, 0.2) is 18.2 Å². The van der Waals surface area contributed by atoms with Gasteiger partial charge in [-0.3, -0.25) is 4.90 Å². The van der Waals surface area contributed by atoms with Crippen molar-refractivity contribution in [3.63, 3.8) is 0 Å². The molecule has 0 spiro atoms. The number of nitrogens with two attached hydrogens (primary N) is 2. The van der Waals surface area contributed by atoms with Crippen LogP contribution in [-0.2, 0) is 0 Å². The molecular formula is C22H33N3. The molecule has 4 aliphatic rings. The van der Waals surface area contributed by atoms with Crippen molar-refractivity contribution in [1.82, 2.24) is 4.90 Å². The van der Waals surface area contributed by atoms with Crippen molar-refractivity contribution in [2.45, 2.75) is 88.3 Å². The standard InChI is InChI=1S/C22H33N3/c23-21-6-2-5-20(22(21)24)16-12-17-7-8-18(13-16)25(17)19-10-14-3-1-4-15(9-14)11-19/h2,5-6,14-19H,1,3-4,7-13,23-24H2/t14-,15+,16?,17-,18+,19?. The highest BCUT2D eigenvalue weighted by Gasteiger charge is 2.46. The Morgan fingerprint density at radius 2 is 1.44 bits per heavy atom. The summed E-state index contributed by atoms with van der Waals surface area (Å²) in [4.78, 5) is 2.99. The van der Waals surface area contributed by atoms with E-state index in [1.54, 1.807) is 0 Å². The van der Waals surface area contributed by atoms with Crippen LogP contribution in [0.2, 0.25) is 0 Å².